The summed E-state index contributed by atoms with van der Waals surface area (Å²) in [4.78, 5) is 22.7. The highest BCUT2D eigenvalue weighted by Gasteiger charge is 2.41. The normalized spacial score (nSPS) is 16.2. The number of halogens is 3. The molecule has 166 valence electrons. The second-order valence-corrected chi connectivity index (χ2v) is 8.38. The zero-order valence-corrected chi connectivity index (χ0v) is 17.9. The molecule has 4 heterocycles. The third-order valence-corrected chi connectivity index (χ3v) is 6.45. The maximum atomic E-state index is 13.8. The van der Waals surface area contributed by atoms with Gasteiger partial charge in [0.2, 0.25) is 0 Å². The van der Waals surface area contributed by atoms with E-state index in [2.05, 4.69) is 20.4 Å². The average Bonchev–Trinajstić information content (AvgIpc) is 3.28. The van der Waals surface area contributed by atoms with Crippen LogP contribution in [0, 0.1) is 6.92 Å². The van der Waals surface area contributed by atoms with E-state index in [-0.39, 0.29) is 23.6 Å². The molecule has 0 saturated carbocycles. The molecule has 0 fully saturated rings. The highest BCUT2D eigenvalue weighted by molar-refractivity contribution is 7.14. The van der Waals surface area contributed by atoms with Crippen LogP contribution in [0.15, 0.2) is 36.0 Å². The molecule has 0 saturated heterocycles. The van der Waals surface area contributed by atoms with Crippen molar-refractivity contribution in [3.8, 4) is 0 Å². The number of alkyl halides is 3. The first-order valence-corrected chi connectivity index (χ1v) is 10.6. The van der Waals surface area contributed by atoms with Crippen LogP contribution >= 0.6 is 11.3 Å². The molecular formula is C20H15BF3N7OS. The van der Waals surface area contributed by atoms with Gasteiger partial charge in [0, 0.05) is 5.59 Å². The van der Waals surface area contributed by atoms with E-state index >= 15 is 0 Å². The molecule has 3 aromatic heterocycles. The zero-order valence-electron chi connectivity index (χ0n) is 17.1. The maximum absolute atomic E-state index is 13.8. The number of anilines is 3. The smallest absolute Gasteiger partial charge is 0.383 e. The van der Waals surface area contributed by atoms with Gasteiger partial charge in [0.25, 0.3) is 5.91 Å². The first-order chi connectivity index (χ1) is 15.7. The molecule has 13 heteroatoms. The molecule has 5 rings (SSSR count). The Kier molecular flexibility index (Phi) is 4.81. The number of thiophene rings is 1. The van der Waals surface area contributed by atoms with Crippen molar-refractivity contribution in [1.82, 2.24) is 19.7 Å². The van der Waals surface area contributed by atoms with E-state index in [0.717, 1.165) is 11.0 Å². The summed E-state index contributed by atoms with van der Waals surface area (Å²) in [5.41, 5.74) is 6.12. The summed E-state index contributed by atoms with van der Waals surface area (Å²) < 4.78 is 42.9. The summed E-state index contributed by atoms with van der Waals surface area (Å²) in [6.45, 7) is 1.70. The number of nitrogens with zero attached hydrogens (tertiary/aromatic N) is 5. The average molecular weight is 469 g/mol. The molecular weight excluding hydrogens is 454 g/mol. The lowest BCUT2D eigenvalue weighted by Crippen LogP contribution is -2.51. The van der Waals surface area contributed by atoms with Crippen molar-refractivity contribution in [3.05, 3.63) is 52.7 Å². The van der Waals surface area contributed by atoms with E-state index in [1.807, 2.05) is 0 Å². The minimum Gasteiger partial charge on any atom is -0.383 e. The number of carbonyl (C=O) groups excluding carboxylic acids is 1. The Morgan fingerprint density at radius 1 is 1.27 bits per heavy atom. The number of hydrogen-bond acceptors (Lipinski definition) is 7. The van der Waals surface area contributed by atoms with Crippen LogP contribution in [0.1, 0.15) is 21.5 Å². The predicted octanol–water partition coefficient (Wildman–Crippen LogP) is 2.69. The number of nitrogens with one attached hydrogen (secondary N) is 1. The van der Waals surface area contributed by atoms with Gasteiger partial charge in [-0.05, 0) is 30.0 Å². The van der Waals surface area contributed by atoms with Gasteiger partial charge < -0.3 is 11.1 Å². The molecule has 1 unspecified atom stereocenters. The molecule has 8 nitrogen and oxygen atoms in total. The van der Waals surface area contributed by atoms with Crippen LogP contribution in [0.2, 0.25) is 0 Å². The van der Waals surface area contributed by atoms with Crippen LogP contribution in [0.5, 0.6) is 0 Å². The molecule has 1 aliphatic heterocycles. The van der Waals surface area contributed by atoms with Crippen molar-refractivity contribution in [2.75, 3.05) is 16.0 Å². The molecule has 1 amide bonds. The quantitative estimate of drug-likeness (QED) is 0.448. The molecule has 3 N–H and O–H groups in total. The second-order valence-electron chi connectivity index (χ2n) is 7.50. The molecule has 0 spiro atoms. The lowest BCUT2D eigenvalue weighted by molar-refractivity contribution is -0.137. The summed E-state index contributed by atoms with van der Waals surface area (Å²) in [6.07, 6.45) is -4.33. The van der Waals surface area contributed by atoms with E-state index in [1.54, 1.807) is 12.3 Å². The molecule has 1 aromatic carbocycles. The van der Waals surface area contributed by atoms with Gasteiger partial charge in [-0.15, -0.1) is 11.3 Å². The molecule has 33 heavy (non-hydrogen) atoms. The van der Waals surface area contributed by atoms with Crippen LogP contribution in [-0.2, 0) is 12.7 Å². The van der Waals surface area contributed by atoms with Gasteiger partial charge in [-0.3, -0.25) is 9.69 Å². The molecule has 1 aliphatic rings. The van der Waals surface area contributed by atoms with Crippen LogP contribution in [0.25, 0.3) is 11.0 Å². The van der Waals surface area contributed by atoms with Crippen molar-refractivity contribution in [2.24, 2.45) is 0 Å². The van der Waals surface area contributed by atoms with Gasteiger partial charge in [0.05, 0.1) is 28.7 Å². The highest BCUT2D eigenvalue weighted by atomic mass is 32.1. The first kappa shape index (κ1) is 21.3. The van der Waals surface area contributed by atoms with Gasteiger partial charge >= 0.3 is 6.18 Å². The summed E-state index contributed by atoms with van der Waals surface area (Å²) in [5.74, 6) is -0.408. The fourth-order valence-corrected chi connectivity index (χ4v) is 4.95. The summed E-state index contributed by atoms with van der Waals surface area (Å²) in [7, 11) is 5.98. The van der Waals surface area contributed by atoms with Gasteiger partial charge in [-0.2, -0.15) is 18.3 Å². The number of fused-ring (bicyclic) bond motifs is 2. The van der Waals surface area contributed by atoms with E-state index in [9.17, 15) is 18.0 Å². The number of rotatable bonds is 3. The third-order valence-electron chi connectivity index (χ3n) is 5.42. The highest BCUT2D eigenvalue weighted by Crippen LogP contribution is 2.41. The van der Waals surface area contributed by atoms with Crippen LogP contribution < -0.4 is 21.5 Å². The monoisotopic (exact) mass is 469 g/mol. The van der Waals surface area contributed by atoms with Gasteiger partial charge in [0.15, 0.2) is 5.65 Å². The Balaban J connectivity index is 1.66. The number of nitrogens with two attached hydrogens (primary N) is 1. The van der Waals surface area contributed by atoms with E-state index < -0.39 is 23.8 Å². The number of para-hydroxylation sites is 1. The number of amides is 1. The number of carbonyl (C=O) groups is 1. The summed E-state index contributed by atoms with van der Waals surface area (Å²) in [5, 5.41) is 10.1. The molecule has 4 aromatic rings. The van der Waals surface area contributed by atoms with E-state index in [4.69, 9.17) is 13.6 Å². The number of benzene rings is 1. The molecule has 1 atom stereocenters. The number of nitrogen functional groups attached to an aromatic ring is 1. The Hall–Kier alpha value is -3.61. The molecule has 2 radical (unpaired) electrons. The first-order valence-electron chi connectivity index (χ1n) is 9.73. The third kappa shape index (κ3) is 3.39. The summed E-state index contributed by atoms with van der Waals surface area (Å²) in [6, 6.07) is 4.97. The second kappa shape index (κ2) is 7.47. The number of aryl methyl sites for hydroxylation is 1. The standard InChI is InChI=1S/C20H15BF3N7OS/c1-9-7-33-18-13(9)19(32)31(11-5-3-2-4-10(11)20(22,23)24)12(28-18)6-30-17-14(15(21)29-30)16(25)26-8-27-17/h2-5,7-8,12,28H,6H2,1H3,(H2,25,26,27). The Labute approximate surface area is 190 Å². The fraction of sp³-hybridized carbons (Fsp3) is 0.200. The van der Waals surface area contributed by atoms with Crippen LogP contribution in [-0.4, -0.2) is 39.7 Å². The zero-order chi connectivity index (χ0) is 23.5. The minimum atomic E-state index is -4.66. The van der Waals surface area contributed by atoms with Crippen molar-refractivity contribution in [2.45, 2.75) is 25.8 Å². The number of hydrogen-bond donors (Lipinski definition) is 2. The lowest BCUT2D eigenvalue weighted by atomic mass is 10.0. The number of aromatic nitrogens is 4. The Bertz CT molecular complexity index is 1400. The lowest BCUT2D eigenvalue weighted by Gasteiger charge is -2.38. The van der Waals surface area contributed by atoms with Crippen molar-refractivity contribution < 1.29 is 18.0 Å². The van der Waals surface area contributed by atoms with Gasteiger partial charge in [-0.25, -0.2) is 14.6 Å². The minimum absolute atomic E-state index is 0.0432. The Morgan fingerprint density at radius 3 is 2.79 bits per heavy atom. The SMILES string of the molecule is [B]c1nn(CC2Nc3scc(C)c3C(=O)N2c2ccccc2C(F)(F)F)c2ncnc(N)c12. The fourth-order valence-electron chi connectivity index (χ4n) is 3.97. The van der Waals surface area contributed by atoms with E-state index in [0.29, 0.717) is 27.2 Å². The molecule has 0 bridgehead atoms. The summed E-state index contributed by atoms with van der Waals surface area (Å²) >= 11 is 1.31. The predicted molar refractivity (Wildman–Crippen MR) is 120 cm³/mol. The van der Waals surface area contributed by atoms with E-state index in [1.165, 1.54) is 40.5 Å². The largest absolute Gasteiger partial charge is 0.418 e. The van der Waals surface area contributed by atoms with Crippen LogP contribution in [0.3, 0.4) is 0 Å². The Morgan fingerprint density at radius 2 is 2.03 bits per heavy atom. The van der Waals surface area contributed by atoms with Crippen molar-refractivity contribution in [3.63, 3.8) is 0 Å². The van der Waals surface area contributed by atoms with Crippen molar-refractivity contribution >= 4 is 58.2 Å². The molecule has 0 aliphatic carbocycles. The van der Waals surface area contributed by atoms with Crippen LogP contribution in [0.4, 0.5) is 29.7 Å². The topological polar surface area (TPSA) is 102 Å². The van der Waals surface area contributed by atoms with Crippen molar-refractivity contribution in [1.29, 1.82) is 0 Å². The maximum Gasteiger partial charge on any atom is 0.418 e. The van der Waals surface area contributed by atoms with Gasteiger partial charge in [-0.1, -0.05) is 12.1 Å². The van der Waals surface area contributed by atoms with Gasteiger partial charge in [0.1, 0.15) is 31.2 Å².